The minimum atomic E-state index is -0.292. The predicted octanol–water partition coefficient (Wildman–Crippen LogP) is 26.4. The van der Waals surface area contributed by atoms with Crippen molar-refractivity contribution < 1.29 is 13.6 Å². The first-order valence-corrected chi connectivity index (χ1v) is 46.4. The van der Waals surface area contributed by atoms with Crippen LogP contribution in [-0.2, 0) is 0 Å². The third-order valence-electron chi connectivity index (χ3n) is 31.5. The van der Waals surface area contributed by atoms with E-state index in [1.807, 2.05) is 0 Å². The molecule has 0 spiro atoms. The summed E-state index contributed by atoms with van der Waals surface area (Å²) in [5.74, 6) is 1.78. The van der Waals surface area contributed by atoms with E-state index in [2.05, 4.69) is 416 Å². The number of furan rings is 2. The zero-order valence-electron chi connectivity index (χ0n) is 71.0. The van der Waals surface area contributed by atoms with Crippen LogP contribution >= 0.6 is 0 Å². The Hall–Kier alpha value is -16.7. The lowest BCUT2D eigenvalue weighted by atomic mass is 9.44. The van der Waals surface area contributed by atoms with Crippen molar-refractivity contribution in [2.45, 2.75) is 24.4 Å². The third-order valence-corrected chi connectivity index (χ3v) is 31.5. The van der Waals surface area contributed by atoms with Crippen LogP contribution < -0.4 is 52.2 Å². The zero-order valence-corrected chi connectivity index (χ0v) is 71.0. The van der Waals surface area contributed by atoms with Crippen molar-refractivity contribution in [1.29, 1.82) is 0 Å². The fourth-order valence-corrected chi connectivity index (χ4v) is 26.5. The summed E-state index contributed by atoms with van der Waals surface area (Å²) in [7, 11) is 0. The Kier molecular flexibility index (Phi) is 13.0. The Morgan fingerprint density at radius 2 is 0.841 bits per heavy atom. The van der Waals surface area contributed by atoms with Gasteiger partial charge in [0.05, 0.1) is 5.69 Å². The average Bonchev–Trinajstić information content (AvgIpc) is 1.64. The molecule has 9 aliphatic rings. The number of allylic oxidation sites excluding steroid dienone is 3. The van der Waals surface area contributed by atoms with Gasteiger partial charge in [-0.25, -0.2) is 0 Å². The molecule has 19 aromatic carbocycles. The van der Waals surface area contributed by atoms with E-state index in [-0.39, 0.29) is 38.5 Å². The van der Waals surface area contributed by atoms with Crippen LogP contribution in [0.2, 0.25) is 0 Å². The van der Waals surface area contributed by atoms with Crippen LogP contribution in [0.1, 0.15) is 46.3 Å². The minimum Gasteiger partial charge on any atom is -0.483 e. The molecular formula is C120H69B3N6O3. The lowest BCUT2D eigenvalue weighted by molar-refractivity contribution is 0.270. The molecule has 0 N–H and O–H groups in total. The van der Waals surface area contributed by atoms with Gasteiger partial charge in [0.1, 0.15) is 34.4 Å². The van der Waals surface area contributed by atoms with Gasteiger partial charge in [-0.1, -0.05) is 273 Å². The van der Waals surface area contributed by atoms with Gasteiger partial charge in [0.15, 0.2) is 0 Å². The maximum Gasteiger partial charge on any atom is 0.333 e. The third kappa shape index (κ3) is 8.57. The van der Waals surface area contributed by atoms with Crippen molar-refractivity contribution in [1.82, 2.24) is 13.4 Å². The standard InChI is InChI=1S/C120H69B3N6O3/c1-4-26-72(27-5-1)124-97-57-51-66-24-10-12-32-75(66)108(97)122-113-100(124)64-93-80-36-16-19-47-102(80)130-119(93)107(113)87-43-23-40-84-90-61-71(54-56-96(90)129(122)116(84)87)77-37-20-44-88-105-104(132-118(77)88)65-101-112-106(105)86-42-22-39-83-79-35-15-18-46-95(79)128(115(83)86)123(112)110-89-60-69(49-48-68(89)53-58-98(110)125(101)73-28-6-2-7-29-73)70-50-55-81-92-63-91-85-41-21-38-82-78-34-14-17-45-94(78)127(114(82)85)121-109-76-33-13-11-25-67(76)52-59-99(109)126(74-30-8-3-9-31-74)117(111(91)121)120(92)131-103(81)62-70/h1-36,38-65,77,81,103H,37H2. The first-order valence-electron chi connectivity index (χ1n) is 46.4. The minimum absolute atomic E-state index is 0.0500. The molecule has 12 heterocycles. The summed E-state index contributed by atoms with van der Waals surface area (Å²) in [5, 5.41) is 18.2. The summed E-state index contributed by atoms with van der Waals surface area (Å²) < 4.78 is 31.1. The Labute approximate surface area is 757 Å². The van der Waals surface area contributed by atoms with Gasteiger partial charge in [0.25, 0.3) is 0 Å². The second-order valence-electron chi connectivity index (χ2n) is 37.6. The predicted molar refractivity (Wildman–Crippen MR) is 549 cm³/mol. The number of ether oxygens (including phenoxy) is 1. The molecule has 24 aromatic rings. The summed E-state index contributed by atoms with van der Waals surface area (Å²) in [6.45, 7) is -0.622. The van der Waals surface area contributed by atoms with E-state index in [0.29, 0.717) is 0 Å². The molecule has 33 rings (SSSR count). The number of fused-ring (bicyclic) bond motifs is 39. The van der Waals surface area contributed by atoms with Gasteiger partial charge in [-0.05, 0) is 209 Å². The van der Waals surface area contributed by atoms with Gasteiger partial charge in [-0.2, -0.15) is 0 Å². The molecule has 0 radical (unpaired) electrons. The average molecular weight is 1680 g/mol. The van der Waals surface area contributed by atoms with Crippen molar-refractivity contribution in [3.63, 3.8) is 0 Å². The summed E-state index contributed by atoms with van der Waals surface area (Å²) in [6, 6.07) is 135. The lowest BCUT2D eigenvalue weighted by Crippen LogP contribution is -2.57. The first kappa shape index (κ1) is 69.4. The molecule has 0 saturated carbocycles. The van der Waals surface area contributed by atoms with Crippen LogP contribution in [0.5, 0.6) is 5.75 Å². The zero-order chi connectivity index (χ0) is 85.0. The van der Waals surface area contributed by atoms with Gasteiger partial charge in [0.2, 0.25) is 0 Å². The molecule has 132 heavy (non-hydrogen) atoms. The molecule has 0 amide bonds. The van der Waals surface area contributed by atoms with Crippen LogP contribution in [0.25, 0.3) is 176 Å². The fraction of sp³-hybridized carbons (Fsp3) is 0.0333. The van der Waals surface area contributed by atoms with E-state index in [1.54, 1.807) is 0 Å². The van der Waals surface area contributed by atoms with Crippen LogP contribution in [0.4, 0.5) is 51.2 Å². The van der Waals surface area contributed by atoms with E-state index in [4.69, 9.17) is 13.6 Å². The highest BCUT2D eigenvalue weighted by molar-refractivity contribution is 6.94. The largest absolute Gasteiger partial charge is 0.483 e. The number of nitrogens with zero attached hydrogens (tertiary/aromatic N) is 6. The SMILES string of the molecule is C1=Cc2c(oc3cc4c5c(c23)-c2cccc3c6ccccc6n(c23)B5c2c(ccc3ccc(C5=CC6Oc7c(cc8c9c7N(c7ccccc7)c7ccc%10ccccc%10c7B9n7c9ccccc9c9cccc-8c97)C6C=C5)cc23)N4c2ccccc2)C(c2ccc3c(c2)c2cccc4c2n3B2c3c(cc5c(oc6ccccc65)c3-4)N(c3ccccc3)c3ccc4ccccc4c32)C1. The second kappa shape index (κ2) is 24.8. The summed E-state index contributed by atoms with van der Waals surface area (Å²) >= 11 is 0. The fourth-order valence-electron chi connectivity index (χ4n) is 26.5. The Morgan fingerprint density at radius 1 is 0.326 bits per heavy atom. The van der Waals surface area contributed by atoms with Crippen molar-refractivity contribution >= 4 is 247 Å². The highest BCUT2D eigenvalue weighted by Gasteiger charge is 2.52. The molecule has 0 bridgehead atoms. The number of anilines is 9. The quantitative estimate of drug-likeness (QED) is 0.160. The van der Waals surface area contributed by atoms with E-state index in [0.717, 1.165) is 113 Å². The van der Waals surface area contributed by atoms with Crippen LogP contribution in [-0.4, -0.2) is 40.1 Å². The summed E-state index contributed by atoms with van der Waals surface area (Å²) in [5.41, 5.74) is 41.0. The van der Waals surface area contributed by atoms with Gasteiger partial charge < -0.3 is 41.7 Å². The van der Waals surface area contributed by atoms with Gasteiger partial charge in [-0.3, -0.25) is 0 Å². The number of benzene rings is 19. The molecule has 0 saturated heterocycles. The lowest BCUT2D eigenvalue weighted by Gasteiger charge is -2.41. The van der Waals surface area contributed by atoms with Crippen molar-refractivity contribution in [3.05, 3.63) is 410 Å². The molecule has 5 aromatic heterocycles. The number of hydrogen-bond donors (Lipinski definition) is 0. The van der Waals surface area contributed by atoms with Crippen molar-refractivity contribution in [3.8, 4) is 39.1 Å². The van der Waals surface area contributed by atoms with Crippen molar-refractivity contribution in [2.75, 3.05) is 14.7 Å². The number of hydrogen-bond acceptors (Lipinski definition) is 6. The van der Waals surface area contributed by atoms with Gasteiger partial charge >= 0.3 is 20.5 Å². The molecule has 7 aliphatic heterocycles. The van der Waals surface area contributed by atoms with Crippen LogP contribution in [0.3, 0.4) is 0 Å². The maximum absolute atomic E-state index is 7.89. The second-order valence-corrected chi connectivity index (χ2v) is 37.6. The molecule has 606 valence electrons. The van der Waals surface area contributed by atoms with Gasteiger partial charge in [-0.15, -0.1) is 0 Å². The smallest absolute Gasteiger partial charge is 0.333 e. The topological polar surface area (TPSA) is 60.0 Å². The molecule has 9 nitrogen and oxygen atoms in total. The Bertz CT molecular complexity index is 9650. The van der Waals surface area contributed by atoms with Crippen LogP contribution in [0, 0.1) is 0 Å². The van der Waals surface area contributed by atoms with Crippen molar-refractivity contribution in [2.24, 2.45) is 0 Å². The summed E-state index contributed by atoms with van der Waals surface area (Å²) in [6.07, 6.45) is 12.6. The monoisotopic (exact) mass is 1670 g/mol. The van der Waals surface area contributed by atoms with E-state index in [1.165, 1.54) is 181 Å². The number of rotatable bonds is 5. The molecule has 3 atom stereocenters. The first-order chi connectivity index (χ1) is 65.5. The van der Waals surface area contributed by atoms with E-state index >= 15 is 0 Å². The van der Waals surface area contributed by atoms with Crippen LogP contribution in [0.15, 0.2) is 391 Å². The highest BCUT2D eigenvalue weighted by Crippen LogP contribution is 2.59. The highest BCUT2D eigenvalue weighted by atomic mass is 16.5. The number of para-hydroxylation sites is 9. The van der Waals surface area contributed by atoms with Gasteiger partial charge in [0, 0.05) is 178 Å². The molecular weight excluding hydrogens is 1610 g/mol. The normalized spacial score (nSPS) is 16.3. The molecule has 3 unspecified atom stereocenters. The number of aromatic nitrogens is 3. The maximum atomic E-state index is 7.89. The van der Waals surface area contributed by atoms with E-state index in [9.17, 15) is 0 Å². The molecule has 2 aliphatic carbocycles. The molecule has 0 fully saturated rings. The van der Waals surface area contributed by atoms with E-state index < -0.39 is 0 Å². The Morgan fingerprint density at radius 3 is 1.51 bits per heavy atom. The molecule has 12 heteroatoms. The summed E-state index contributed by atoms with van der Waals surface area (Å²) in [4.78, 5) is 7.62. The Balaban J connectivity index is 0.565.